The van der Waals surface area contributed by atoms with E-state index in [1.54, 1.807) is 0 Å². The number of allylic oxidation sites excluding steroid dienone is 5. The first-order valence-corrected chi connectivity index (χ1v) is 7.52. The molecule has 0 N–H and O–H groups in total. The molecule has 114 valence electrons. The van der Waals surface area contributed by atoms with E-state index in [0.29, 0.717) is 0 Å². The van der Waals surface area contributed by atoms with Gasteiger partial charge in [-0.2, -0.15) is 0 Å². The van der Waals surface area contributed by atoms with Crippen molar-refractivity contribution in [3.8, 4) is 0 Å². The van der Waals surface area contributed by atoms with Gasteiger partial charge in [-0.05, 0) is 46.5 Å². The Labute approximate surface area is 125 Å². The van der Waals surface area contributed by atoms with E-state index in [1.165, 1.54) is 5.57 Å². The number of carbonyl (C=O) groups excluding carboxylic acids is 1. The first-order valence-electron chi connectivity index (χ1n) is 7.52. The van der Waals surface area contributed by atoms with Crippen molar-refractivity contribution in [3.63, 3.8) is 0 Å². The van der Waals surface area contributed by atoms with E-state index in [9.17, 15) is 4.79 Å². The van der Waals surface area contributed by atoms with E-state index in [0.717, 1.165) is 25.1 Å². The minimum atomic E-state index is 0.0662. The number of nitrogens with zero attached hydrogens (tertiary/aromatic N) is 1. The Balaban J connectivity index is 4.71. The summed E-state index contributed by atoms with van der Waals surface area (Å²) in [7, 11) is 0. The molecule has 0 aliphatic rings. The van der Waals surface area contributed by atoms with Crippen LogP contribution in [0.5, 0.6) is 0 Å². The van der Waals surface area contributed by atoms with Gasteiger partial charge in [-0.15, -0.1) is 0 Å². The minimum absolute atomic E-state index is 0.0662. The number of amides is 1. The molecule has 20 heavy (non-hydrogen) atoms. The van der Waals surface area contributed by atoms with Crippen LogP contribution in [-0.4, -0.2) is 23.9 Å². The molecule has 0 spiro atoms. The predicted octanol–water partition coefficient (Wildman–Crippen LogP) is 4.74. The lowest BCUT2D eigenvalue weighted by molar-refractivity contribution is -0.126. The van der Waals surface area contributed by atoms with Gasteiger partial charge in [-0.1, -0.05) is 43.7 Å². The highest BCUT2D eigenvalue weighted by molar-refractivity contribution is 5.92. The molecule has 0 aromatic carbocycles. The summed E-state index contributed by atoms with van der Waals surface area (Å²) >= 11 is 0. The summed E-state index contributed by atoms with van der Waals surface area (Å²) in [6.45, 7) is 16.0. The molecule has 0 aliphatic carbocycles. The third-order valence-electron chi connectivity index (χ3n) is 3.30. The molecule has 2 nitrogen and oxygen atoms in total. The average Bonchev–Trinajstić information content (AvgIpc) is 2.36. The second kappa shape index (κ2) is 8.78. The Morgan fingerprint density at radius 3 is 2.10 bits per heavy atom. The Morgan fingerprint density at radius 2 is 1.65 bits per heavy atom. The molecule has 0 bridgehead atoms. The van der Waals surface area contributed by atoms with Crippen LogP contribution >= 0.6 is 0 Å². The second-order valence-electron chi connectivity index (χ2n) is 6.16. The summed E-state index contributed by atoms with van der Waals surface area (Å²) in [5, 5.41) is 0. The maximum atomic E-state index is 12.2. The van der Waals surface area contributed by atoms with Crippen molar-refractivity contribution in [2.45, 2.75) is 54.9 Å². The zero-order valence-corrected chi connectivity index (χ0v) is 14.3. The lowest BCUT2D eigenvalue weighted by Gasteiger charge is -2.21. The van der Waals surface area contributed by atoms with Gasteiger partial charge in [0.05, 0.1) is 0 Å². The second-order valence-corrected chi connectivity index (χ2v) is 6.16. The standard InChI is InChI=1S/C18H31NO/c1-8-19(9-2)17(20)16(5)12-14-18(6,7)13-10-11-15(3)4/h10-13H,8-9,14H2,1-7H3/b13-10+,16-12+. The van der Waals surface area contributed by atoms with Crippen molar-refractivity contribution >= 4 is 5.91 Å². The van der Waals surface area contributed by atoms with Crippen molar-refractivity contribution in [2.24, 2.45) is 5.41 Å². The summed E-state index contributed by atoms with van der Waals surface area (Å²) in [5.74, 6) is 0.152. The van der Waals surface area contributed by atoms with Gasteiger partial charge in [0, 0.05) is 18.7 Å². The maximum Gasteiger partial charge on any atom is 0.249 e. The van der Waals surface area contributed by atoms with Crippen molar-refractivity contribution in [1.29, 1.82) is 0 Å². The van der Waals surface area contributed by atoms with Crippen molar-refractivity contribution in [1.82, 2.24) is 4.90 Å². The molecule has 0 saturated heterocycles. The fourth-order valence-electron chi connectivity index (χ4n) is 1.83. The van der Waals surface area contributed by atoms with Gasteiger partial charge in [0.1, 0.15) is 0 Å². The maximum absolute atomic E-state index is 12.2. The van der Waals surface area contributed by atoms with Gasteiger partial charge in [0.15, 0.2) is 0 Å². The lowest BCUT2D eigenvalue weighted by Crippen LogP contribution is -2.31. The topological polar surface area (TPSA) is 20.3 Å². The van der Waals surface area contributed by atoms with E-state index in [1.807, 2.05) is 25.7 Å². The van der Waals surface area contributed by atoms with Crippen LogP contribution in [0.15, 0.2) is 35.5 Å². The number of rotatable bonds is 7. The normalized spacial score (nSPS) is 12.7. The summed E-state index contributed by atoms with van der Waals surface area (Å²) in [5.41, 5.74) is 2.20. The first kappa shape index (κ1) is 18.7. The molecule has 1 amide bonds. The van der Waals surface area contributed by atoms with E-state index in [4.69, 9.17) is 0 Å². The zero-order valence-electron chi connectivity index (χ0n) is 14.3. The summed E-state index contributed by atoms with van der Waals surface area (Å²) in [6.07, 6.45) is 9.35. The van der Waals surface area contributed by atoms with Gasteiger partial charge < -0.3 is 4.90 Å². The van der Waals surface area contributed by atoms with Crippen molar-refractivity contribution < 1.29 is 4.79 Å². The van der Waals surface area contributed by atoms with E-state index < -0.39 is 0 Å². The largest absolute Gasteiger partial charge is 0.340 e. The lowest BCUT2D eigenvalue weighted by atomic mass is 9.88. The molecule has 0 saturated carbocycles. The molecule has 0 aromatic rings. The molecule has 0 rings (SSSR count). The summed E-state index contributed by atoms with van der Waals surface area (Å²) < 4.78 is 0. The molecule has 0 atom stereocenters. The molecule has 0 aliphatic heterocycles. The van der Waals surface area contributed by atoms with Crippen LogP contribution in [0.4, 0.5) is 0 Å². The molecular formula is C18H31NO. The molecule has 0 heterocycles. The van der Waals surface area contributed by atoms with E-state index in [-0.39, 0.29) is 11.3 Å². The van der Waals surface area contributed by atoms with Crippen LogP contribution in [0.3, 0.4) is 0 Å². The number of carbonyl (C=O) groups is 1. The Bertz CT molecular complexity index is 392. The molecule has 0 fully saturated rings. The third kappa shape index (κ3) is 7.32. The monoisotopic (exact) mass is 277 g/mol. The van der Waals surface area contributed by atoms with Crippen molar-refractivity contribution in [3.05, 3.63) is 35.5 Å². The van der Waals surface area contributed by atoms with E-state index in [2.05, 4.69) is 52.0 Å². The predicted molar refractivity (Wildman–Crippen MR) is 88.7 cm³/mol. The zero-order chi connectivity index (χ0) is 15.8. The fraction of sp³-hybridized carbons (Fsp3) is 0.611. The van der Waals surface area contributed by atoms with Gasteiger partial charge in [-0.25, -0.2) is 0 Å². The van der Waals surface area contributed by atoms with Crippen LogP contribution in [-0.2, 0) is 4.79 Å². The quantitative estimate of drug-likeness (QED) is 0.486. The van der Waals surface area contributed by atoms with Crippen molar-refractivity contribution in [2.75, 3.05) is 13.1 Å². The molecule has 0 unspecified atom stereocenters. The van der Waals surface area contributed by atoms with Crippen LogP contribution in [0.25, 0.3) is 0 Å². The average molecular weight is 277 g/mol. The highest BCUT2D eigenvalue weighted by Gasteiger charge is 2.15. The first-order chi connectivity index (χ1) is 9.23. The number of hydrogen-bond acceptors (Lipinski definition) is 1. The van der Waals surface area contributed by atoms with Crippen LogP contribution < -0.4 is 0 Å². The third-order valence-corrected chi connectivity index (χ3v) is 3.30. The van der Waals surface area contributed by atoms with Crippen LogP contribution in [0.2, 0.25) is 0 Å². The minimum Gasteiger partial charge on any atom is -0.340 e. The van der Waals surface area contributed by atoms with Crippen LogP contribution in [0.1, 0.15) is 54.9 Å². The van der Waals surface area contributed by atoms with Gasteiger partial charge >= 0.3 is 0 Å². The SMILES string of the molecule is CCN(CC)C(=O)/C(C)=C/CC(C)(C)/C=C/C=C(C)C. The number of likely N-dealkylation sites (N-methyl/N-ethyl adjacent to an activating group) is 1. The van der Waals surface area contributed by atoms with Gasteiger partial charge in [0.25, 0.3) is 0 Å². The molecular weight excluding hydrogens is 246 g/mol. The molecule has 2 heteroatoms. The number of hydrogen-bond donors (Lipinski definition) is 0. The van der Waals surface area contributed by atoms with Crippen LogP contribution in [0, 0.1) is 5.41 Å². The van der Waals surface area contributed by atoms with Gasteiger partial charge in [0.2, 0.25) is 5.91 Å². The smallest absolute Gasteiger partial charge is 0.249 e. The Hall–Kier alpha value is -1.31. The Morgan fingerprint density at radius 1 is 1.10 bits per heavy atom. The molecule has 0 radical (unpaired) electrons. The highest BCUT2D eigenvalue weighted by atomic mass is 16.2. The summed E-state index contributed by atoms with van der Waals surface area (Å²) in [4.78, 5) is 14.0. The summed E-state index contributed by atoms with van der Waals surface area (Å²) in [6, 6.07) is 0. The Kier molecular flexibility index (Phi) is 8.21. The van der Waals surface area contributed by atoms with E-state index >= 15 is 0 Å². The fourth-order valence-corrected chi connectivity index (χ4v) is 1.83. The van der Waals surface area contributed by atoms with Gasteiger partial charge in [-0.3, -0.25) is 4.79 Å². The highest BCUT2D eigenvalue weighted by Crippen LogP contribution is 2.24. The molecule has 0 aromatic heterocycles.